The Morgan fingerprint density at radius 1 is 1.62 bits per heavy atom. The summed E-state index contributed by atoms with van der Waals surface area (Å²) < 4.78 is 13.0. The maximum Gasteiger partial charge on any atom is 0.199 e. The summed E-state index contributed by atoms with van der Waals surface area (Å²) >= 11 is 0. The third-order valence-electron chi connectivity index (χ3n) is 0.263. The van der Waals surface area contributed by atoms with Crippen LogP contribution in [0.15, 0.2) is 4.47 Å². The lowest BCUT2D eigenvalue weighted by Crippen LogP contribution is -1.96. The predicted molar refractivity (Wildman–Crippen MR) is 29.4 cm³/mol. The molecule has 0 saturated carbocycles. The first kappa shape index (κ1) is 7.35. The van der Waals surface area contributed by atoms with E-state index >= 15 is 0 Å². The van der Waals surface area contributed by atoms with Crippen molar-refractivity contribution in [1.29, 1.82) is 0 Å². The van der Waals surface area contributed by atoms with Crippen LogP contribution >= 0.6 is 0 Å². The number of rotatable bonds is 1. The smallest absolute Gasteiger partial charge is 0.199 e. The Hall–Kier alpha value is -0.650. The highest BCUT2D eigenvalue weighted by Crippen LogP contribution is 1.81. The van der Waals surface area contributed by atoms with E-state index in [9.17, 15) is 14.3 Å². The highest BCUT2D eigenvalue weighted by molar-refractivity contribution is 7.92. The van der Waals surface area contributed by atoms with Crippen LogP contribution < -0.4 is 0 Å². The summed E-state index contributed by atoms with van der Waals surface area (Å²) in [7, 11) is -2.55. The van der Waals surface area contributed by atoms with Crippen LogP contribution in [-0.4, -0.2) is 21.8 Å². The summed E-state index contributed by atoms with van der Waals surface area (Å²) in [4.78, 5) is 9.47. The van der Waals surface area contributed by atoms with Gasteiger partial charge in [-0.05, 0) is 0 Å². The molecule has 8 heavy (non-hydrogen) atoms. The Labute approximate surface area is 47.0 Å². The van der Waals surface area contributed by atoms with E-state index in [1.54, 1.807) is 0 Å². The summed E-state index contributed by atoms with van der Waals surface area (Å²) in [5.41, 5.74) is 0. The minimum absolute atomic E-state index is 0.942. The van der Waals surface area contributed by atoms with Crippen molar-refractivity contribution < 1.29 is 9.24 Å². The predicted octanol–water partition coefficient (Wildman–Crippen LogP) is -0.0943. The van der Waals surface area contributed by atoms with Crippen molar-refractivity contribution in [3.63, 3.8) is 0 Å². The molecule has 0 fully saturated rings. The van der Waals surface area contributed by atoms with Crippen LogP contribution in [0, 0.1) is 10.1 Å². The zero-order valence-corrected chi connectivity index (χ0v) is 5.34. The number of hydrogen-bond acceptors (Lipinski definition) is 3. The van der Waals surface area contributed by atoms with E-state index in [1.807, 2.05) is 0 Å². The van der Waals surface area contributed by atoms with Gasteiger partial charge in [0, 0.05) is 12.5 Å². The summed E-state index contributed by atoms with van der Waals surface area (Å²) in [5, 5.41) is 8.53. The molecule has 0 spiro atoms. The molecular formula is C2H6N2O3S. The van der Waals surface area contributed by atoms with Crippen LogP contribution in [0.5, 0.6) is 0 Å². The molecule has 0 aromatic heterocycles. The molecular weight excluding hydrogens is 132 g/mol. The average Bonchev–Trinajstić information content (AvgIpc) is 1.21. The molecule has 0 amide bonds. The molecule has 0 radical (unpaired) electrons. The molecule has 0 aliphatic rings. The van der Waals surface area contributed by atoms with Gasteiger partial charge in [0.05, 0.1) is 0 Å². The minimum atomic E-state index is -2.55. The third-order valence-corrected chi connectivity index (χ3v) is 0.790. The van der Waals surface area contributed by atoms with Crippen LogP contribution in [0.1, 0.15) is 0 Å². The average molecular weight is 138 g/mol. The lowest BCUT2D eigenvalue weighted by Gasteiger charge is -1.81. The molecule has 0 heterocycles. The van der Waals surface area contributed by atoms with Gasteiger partial charge < -0.3 is 0 Å². The quantitative estimate of drug-likeness (QED) is 0.375. The Kier molecular flexibility index (Phi) is 1.91. The fraction of sp³-hybridized carbons (Fsp3) is 1.00. The van der Waals surface area contributed by atoms with Gasteiger partial charge in [-0.25, -0.2) is 14.3 Å². The normalized spacial score (nSPS) is 10.8. The van der Waals surface area contributed by atoms with Gasteiger partial charge in [0.1, 0.15) is 14.2 Å². The molecule has 0 bridgehead atoms. The van der Waals surface area contributed by atoms with Crippen LogP contribution in [0.25, 0.3) is 0 Å². The van der Waals surface area contributed by atoms with E-state index in [1.165, 1.54) is 12.5 Å². The number of hydrogen-bond donors (Lipinski definition) is 0. The molecule has 0 unspecified atom stereocenters. The largest absolute Gasteiger partial charge is 0.244 e. The summed E-state index contributed by atoms with van der Waals surface area (Å²) in [5.74, 6) is 0. The number of nitrogens with zero attached hydrogens (tertiary/aromatic N) is 2. The maximum atomic E-state index is 10.4. The van der Waals surface area contributed by atoms with Gasteiger partial charge in [-0.2, -0.15) is 0 Å². The molecule has 0 aromatic rings. The first-order valence-electron chi connectivity index (χ1n) is 1.73. The minimum Gasteiger partial charge on any atom is -0.244 e. The van der Waals surface area contributed by atoms with Crippen LogP contribution in [0.2, 0.25) is 0 Å². The van der Waals surface area contributed by atoms with Crippen LogP contribution in [0.3, 0.4) is 0 Å². The molecule has 48 valence electrons. The van der Waals surface area contributed by atoms with Gasteiger partial charge in [-0.15, -0.1) is 0 Å². The second kappa shape index (κ2) is 2.08. The van der Waals surface area contributed by atoms with Crippen molar-refractivity contribution in [3.05, 3.63) is 10.1 Å². The summed E-state index contributed by atoms with van der Waals surface area (Å²) in [6.45, 7) is 0. The Morgan fingerprint density at radius 2 is 2.00 bits per heavy atom. The molecule has 0 N–H and O–H groups in total. The third kappa shape index (κ3) is 5.35. The molecule has 0 atom stereocenters. The standard InChI is InChI=1S/C2H6N2O3S/c1-8(2,7)3-4(5)6/h1-2H3. The fourth-order valence-electron chi connectivity index (χ4n) is 0.161. The van der Waals surface area contributed by atoms with E-state index in [0.717, 1.165) is 0 Å². The van der Waals surface area contributed by atoms with Crippen molar-refractivity contribution in [2.75, 3.05) is 12.5 Å². The first-order chi connectivity index (χ1) is 3.42. The second-order valence-electron chi connectivity index (χ2n) is 1.50. The highest BCUT2D eigenvalue weighted by atomic mass is 32.2. The van der Waals surface area contributed by atoms with Gasteiger partial charge in [0.15, 0.2) is 5.03 Å². The van der Waals surface area contributed by atoms with Gasteiger partial charge in [0.25, 0.3) is 0 Å². The number of nitro groups is 1. The van der Waals surface area contributed by atoms with Gasteiger partial charge >= 0.3 is 0 Å². The molecule has 0 aromatic carbocycles. The van der Waals surface area contributed by atoms with Crippen LogP contribution in [0.4, 0.5) is 0 Å². The zero-order valence-electron chi connectivity index (χ0n) is 4.53. The molecule has 0 aliphatic carbocycles. The molecule has 0 rings (SSSR count). The van der Waals surface area contributed by atoms with E-state index < -0.39 is 14.8 Å². The van der Waals surface area contributed by atoms with E-state index in [0.29, 0.717) is 0 Å². The van der Waals surface area contributed by atoms with Crippen molar-refractivity contribution in [2.45, 2.75) is 0 Å². The highest BCUT2D eigenvalue weighted by Gasteiger charge is 1.95. The van der Waals surface area contributed by atoms with E-state index in [-0.39, 0.29) is 0 Å². The molecule has 5 nitrogen and oxygen atoms in total. The molecule has 6 heteroatoms. The summed E-state index contributed by atoms with van der Waals surface area (Å²) in [6.07, 6.45) is 2.41. The van der Waals surface area contributed by atoms with Crippen molar-refractivity contribution in [1.82, 2.24) is 0 Å². The zero-order chi connectivity index (χ0) is 6.78. The lowest BCUT2D eigenvalue weighted by atomic mass is 11.9. The van der Waals surface area contributed by atoms with Gasteiger partial charge in [-0.1, -0.05) is 0 Å². The summed E-state index contributed by atoms with van der Waals surface area (Å²) in [6, 6.07) is 0. The monoisotopic (exact) mass is 138 g/mol. The fourth-order valence-corrected chi connectivity index (χ4v) is 0.482. The van der Waals surface area contributed by atoms with E-state index in [4.69, 9.17) is 0 Å². The van der Waals surface area contributed by atoms with Crippen molar-refractivity contribution >= 4 is 9.73 Å². The topological polar surface area (TPSA) is 72.6 Å². The first-order valence-corrected chi connectivity index (χ1v) is 4.06. The van der Waals surface area contributed by atoms with Crippen LogP contribution in [-0.2, 0) is 9.73 Å². The second-order valence-corrected chi connectivity index (χ2v) is 4.03. The Balaban J connectivity index is 4.44. The van der Waals surface area contributed by atoms with E-state index in [2.05, 4.69) is 4.47 Å². The molecule has 0 saturated heterocycles. The molecule has 0 aliphatic heterocycles. The maximum absolute atomic E-state index is 10.4. The van der Waals surface area contributed by atoms with Crippen molar-refractivity contribution in [3.8, 4) is 0 Å². The van der Waals surface area contributed by atoms with Gasteiger partial charge in [0.2, 0.25) is 0 Å². The Bertz CT molecular complexity index is 193. The van der Waals surface area contributed by atoms with Gasteiger partial charge in [-0.3, -0.25) is 0 Å². The van der Waals surface area contributed by atoms with Crippen molar-refractivity contribution in [2.24, 2.45) is 4.47 Å². The lowest BCUT2D eigenvalue weighted by molar-refractivity contribution is -0.482. The Morgan fingerprint density at radius 3 is 2.00 bits per heavy atom. The SMILES string of the molecule is CS(C)(=O)=N[N+](=O)[O-].